The zero-order valence-corrected chi connectivity index (χ0v) is 9.85. The van der Waals surface area contributed by atoms with Crippen LogP contribution in [-0.2, 0) is 16.0 Å². The van der Waals surface area contributed by atoms with E-state index in [4.69, 9.17) is 11.6 Å². The fourth-order valence-corrected chi connectivity index (χ4v) is 2.47. The van der Waals surface area contributed by atoms with E-state index in [9.17, 15) is 4.79 Å². The van der Waals surface area contributed by atoms with E-state index in [-0.39, 0.29) is 12.4 Å². The highest BCUT2D eigenvalue weighted by Crippen LogP contribution is 2.24. The van der Waals surface area contributed by atoms with Crippen LogP contribution >= 0.6 is 22.9 Å². The van der Waals surface area contributed by atoms with Gasteiger partial charge in [-0.15, -0.1) is 11.3 Å². The zero-order valence-electron chi connectivity index (χ0n) is 8.28. The van der Waals surface area contributed by atoms with Gasteiger partial charge >= 0.3 is 5.97 Å². The summed E-state index contributed by atoms with van der Waals surface area (Å²) in [4.78, 5) is 17.3. The molecule has 80 valence electrons. The Morgan fingerprint density at radius 3 is 3.13 bits per heavy atom. The number of aryl methyl sites for hydroxylation is 1. The standard InChI is InChI=1S/C9H9ClN2O2S/c1-5-4-12-6(3-7(13)14-2)8(10)11-9(12)15-5/h4H,3H2,1-2H3. The van der Waals surface area contributed by atoms with Gasteiger partial charge in [-0.25, -0.2) is 4.98 Å². The van der Waals surface area contributed by atoms with E-state index in [0.29, 0.717) is 10.8 Å². The molecule has 4 nitrogen and oxygen atoms in total. The lowest BCUT2D eigenvalue weighted by atomic mass is 10.3. The summed E-state index contributed by atoms with van der Waals surface area (Å²) in [7, 11) is 1.35. The molecule has 0 spiro atoms. The van der Waals surface area contributed by atoms with E-state index in [1.54, 1.807) is 0 Å². The first-order chi connectivity index (χ1) is 7.11. The number of rotatable bonds is 2. The number of thiazole rings is 1. The van der Waals surface area contributed by atoms with Gasteiger partial charge in [-0.05, 0) is 6.92 Å². The largest absolute Gasteiger partial charge is 0.469 e. The number of ether oxygens (including phenoxy) is 1. The van der Waals surface area contributed by atoms with Crippen molar-refractivity contribution in [1.82, 2.24) is 9.38 Å². The number of methoxy groups -OCH3 is 1. The summed E-state index contributed by atoms with van der Waals surface area (Å²) in [6, 6.07) is 0. The van der Waals surface area contributed by atoms with E-state index in [1.165, 1.54) is 18.4 Å². The van der Waals surface area contributed by atoms with E-state index in [0.717, 1.165) is 9.84 Å². The van der Waals surface area contributed by atoms with Crippen LogP contribution < -0.4 is 0 Å². The quantitative estimate of drug-likeness (QED) is 0.760. The van der Waals surface area contributed by atoms with Crippen LogP contribution in [0.2, 0.25) is 5.15 Å². The Kier molecular flexibility index (Phi) is 2.67. The van der Waals surface area contributed by atoms with Crippen molar-refractivity contribution < 1.29 is 9.53 Å². The van der Waals surface area contributed by atoms with E-state index >= 15 is 0 Å². The molecule has 2 aromatic rings. The minimum absolute atomic E-state index is 0.146. The first-order valence-electron chi connectivity index (χ1n) is 4.31. The van der Waals surface area contributed by atoms with Gasteiger partial charge in [0.15, 0.2) is 10.1 Å². The van der Waals surface area contributed by atoms with Crippen molar-refractivity contribution in [3.8, 4) is 0 Å². The highest BCUT2D eigenvalue weighted by atomic mass is 35.5. The molecule has 0 aromatic carbocycles. The second-order valence-corrected chi connectivity index (χ2v) is 4.67. The van der Waals surface area contributed by atoms with Crippen molar-refractivity contribution in [3.05, 3.63) is 21.9 Å². The molecule has 2 heterocycles. The SMILES string of the molecule is COC(=O)Cc1c(Cl)nc2sc(C)cn12. The molecule has 0 saturated carbocycles. The molecule has 0 N–H and O–H groups in total. The second-order valence-electron chi connectivity index (χ2n) is 3.10. The number of halogens is 1. The number of carbonyl (C=O) groups is 1. The number of nitrogens with zero attached hydrogens (tertiary/aromatic N) is 2. The molecule has 15 heavy (non-hydrogen) atoms. The molecule has 0 amide bonds. The molecule has 6 heteroatoms. The minimum atomic E-state index is -0.317. The molecule has 0 radical (unpaired) electrons. The molecule has 0 fully saturated rings. The van der Waals surface area contributed by atoms with Crippen LogP contribution in [0, 0.1) is 6.92 Å². The van der Waals surface area contributed by atoms with Crippen LogP contribution in [-0.4, -0.2) is 22.5 Å². The highest BCUT2D eigenvalue weighted by Gasteiger charge is 2.15. The second kappa shape index (κ2) is 3.83. The molecule has 0 bridgehead atoms. The van der Waals surface area contributed by atoms with Gasteiger partial charge in [-0.2, -0.15) is 0 Å². The number of fused-ring (bicyclic) bond motifs is 1. The van der Waals surface area contributed by atoms with Gasteiger partial charge in [0.05, 0.1) is 19.2 Å². The number of esters is 1. The molecule has 2 aromatic heterocycles. The Bertz CT molecular complexity index is 517. The number of carbonyl (C=O) groups excluding carboxylic acids is 1. The molecular formula is C9H9ClN2O2S. The summed E-state index contributed by atoms with van der Waals surface area (Å²) in [6.07, 6.45) is 2.06. The van der Waals surface area contributed by atoms with Crippen LogP contribution in [0.25, 0.3) is 4.96 Å². The summed E-state index contributed by atoms with van der Waals surface area (Å²) in [5.74, 6) is -0.317. The van der Waals surface area contributed by atoms with Crippen molar-refractivity contribution in [2.75, 3.05) is 7.11 Å². The summed E-state index contributed by atoms with van der Waals surface area (Å²) < 4.78 is 6.43. The summed E-state index contributed by atoms with van der Waals surface area (Å²) in [6.45, 7) is 1.98. The Morgan fingerprint density at radius 2 is 2.47 bits per heavy atom. The third-order valence-corrected chi connectivity index (χ3v) is 3.23. The van der Waals surface area contributed by atoms with Gasteiger partial charge in [0.1, 0.15) is 0 Å². The van der Waals surface area contributed by atoms with Crippen LogP contribution in [0.5, 0.6) is 0 Å². The molecule has 0 aliphatic heterocycles. The normalized spacial score (nSPS) is 10.9. The Morgan fingerprint density at radius 1 is 1.73 bits per heavy atom. The first kappa shape index (κ1) is 10.4. The molecule has 0 aliphatic rings. The lowest BCUT2D eigenvalue weighted by molar-refractivity contribution is -0.139. The van der Waals surface area contributed by atoms with Crippen LogP contribution in [0.1, 0.15) is 10.6 Å². The molecule has 0 atom stereocenters. The van der Waals surface area contributed by atoms with Gasteiger partial charge in [0.25, 0.3) is 0 Å². The fourth-order valence-electron chi connectivity index (χ4n) is 1.34. The highest BCUT2D eigenvalue weighted by molar-refractivity contribution is 7.17. The first-order valence-corrected chi connectivity index (χ1v) is 5.51. The average molecular weight is 245 g/mol. The number of hydrogen-bond acceptors (Lipinski definition) is 4. The summed E-state index contributed by atoms with van der Waals surface area (Å²) in [5, 5.41) is 0.367. The van der Waals surface area contributed by atoms with Crippen molar-refractivity contribution >= 4 is 33.9 Å². The maximum Gasteiger partial charge on any atom is 0.311 e. The average Bonchev–Trinajstić information content (AvgIpc) is 2.65. The smallest absolute Gasteiger partial charge is 0.311 e. The third-order valence-electron chi connectivity index (χ3n) is 2.03. The van der Waals surface area contributed by atoms with Gasteiger partial charge in [-0.3, -0.25) is 9.20 Å². The lowest BCUT2D eigenvalue weighted by Crippen LogP contribution is -2.06. The maximum atomic E-state index is 11.2. The minimum Gasteiger partial charge on any atom is -0.469 e. The molecule has 0 saturated heterocycles. The number of aromatic nitrogens is 2. The van der Waals surface area contributed by atoms with E-state index in [1.807, 2.05) is 17.5 Å². The Hall–Kier alpha value is -1.07. The van der Waals surface area contributed by atoms with Gasteiger partial charge in [-0.1, -0.05) is 11.6 Å². The van der Waals surface area contributed by atoms with Crippen molar-refractivity contribution in [3.63, 3.8) is 0 Å². The molecule has 2 rings (SSSR count). The van der Waals surface area contributed by atoms with Crippen molar-refractivity contribution in [1.29, 1.82) is 0 Å². The Labute approximate surface area is 95.4 Å². The van der Waals surface area contributed by atoms with Crippen LogP contribution in [0.3, 0.4) is 0 Å². The topological polar surface area (TPSA) is 43.6 Å². The van der Waals surface area contributed by atoms with Crippen molar-refractivity contribution in [2.45, 2.75) is 13.3 Å². The van der Waals surface area contributed by atoms with Gasteiger partial charge < -0.3 is 4.74 Å². The molecule has 0 aliphatic carbocycles. The third kappa shape index (κ3) is 1.85. The Balaban J connectivity index is 2.47. The van der Waals surface area contributed by atoms with E-state index in [2.05, 4.69) is 9.72 Å². The van der Waals surface area contributed by atoms with Crippen LogP contribution in [0.15, 0.2) is 6.20 Å². The van der Waals surface area contributed by atoms with Gasteiger partial charge in [0.2, 0.25) is 0 Å². The summed E-state index contributed by atoms with van der Waals surface area (Å²) in [5.41, 5.74) is 0.683. The maximum absolute atomic E-state index is 11.2. The predicted molar refractivity (Wildman–Crippen MR) is 58.5 cm³/mol. The van der Waals surface area contributed by atoms with Gasteiger partial charge in [0, 0.05) is 11.1 Å². The monoisotopic (exact) mass is 244 g/mol. The van der Waals surface area contributed by atoms with E-state index < -0.39 is 0 Å². The zero-order chi connectivity index (χ0) is 11.0. The predicted octanol–water partition coefficient (Wildman–Crippen LogP) is 2.07. The van der Waals surface area contributed by atoms with Crippen molar-refractivity contribution in [2.24, 2.45) is 0 Å². The lowest BCUT2D eigenvalue weighted by Gasteiger charge is -1.98. The summed E-state index contributed by atoms with van der Waals surface area (Å²) >= 11 is 7.47. The fraction of sp³-hybridized carbons (Fsp3) is 0.333. The van der Waals surface area contributed by atoms with Crippen LogP contribution in [0.4, 0.5) is 0 Å². The number of imidazole rings is 1. The molecular weight excluding hydrogens is 236 g/mol. The number of hydrogen-bond donors (Lipinski definition) is 0. The molecule has 0 unspecified atom stereocenters.